The minimum Gasteiger partial charge on any atom is -0.611 e. The van der Waals surface area contributed by atoms with Gasteiger partial charge in [0.25, 0.3) is 0 Å². The summed E-state index contributed by atoms with van der Waals surface area (Å²) in [6.07, 6.45) is 1.02. The molecule has 0 radical (unpaired) electrons. The lowest BCUT2D eigenvalue weighted by atomic mass is 10.2. The van der Waals surface area contributed by atoms with Gasteiger partial charge in [0.1, 0.15) is 5.25 Å². The summed E-state index contributed by atoms with van der Waals surface area (Å²) in [4.78, 5) is 0. The molecular formula is C13H27NO3S2. The van der Waals surface area contributed by atoms with Crippen LogP contribution >= 0.6 is 11.8 Å². The molecule has 0 bridgehead atoms. The summed E-state index contributed by atoms with van der Waals surface area (Å²) in [5.74, 6) is 0. The maximum atomic E-state index is 12.3. The monoisotopic (exact) mass is 309 g/mol. The van der Waals surface area contributed by atoms with Crippen LogP contribution in [0.3, 0.4) is 0 Å². The van der Waals surface area contributed by atoms with Gasteiger partial charge in [0.05, 0.1) is 5.70 Å². The Labute approximate surface area is 124 Å². The summed E-state index contributed by atoms with van der Waals surface area (Å²) >= 11 is 0.541. The van der Waals surface area contributed by atoms with E-state index in [4.69, 9.17) is 15.2 Å². The summed E-state index contributed by atoms with van der Waals surface area (Å²) < 4.78 is 23.4. The Morgan fingerprint density at radius 3 is 2.11 bits per heavy atom. The van der Waals surface area contributed by atoms with Crippen LogP contribution in [0.5, 0.6) is 0 Å². The molecule has 0 aliphatic carbocycles. The molecule has 0 spiro atoms. The van der Waals surface area contributed by atoms with E-state index in [1.165, 1.54) is 0 Å². The molecule has 0 saturated heterocycles. The standard InChI is InChI=1S/C13H27NO3S2/c1-9(2)18-13(19(15)10(3)4)11(14)7-8-12(16-5)17-6/h9-10,12H,7-8,14H2,1-6H3/b13-11-. The fraction of sp³-hybridized carbons (Fsp3) is 0.846. The predicted molar refractivity (Wildman–Crippen MR) is 84.3 cm³/mol. The normalized spacial score (nSPS) is 15.3. The lowest BCUT2D eigenvalue weighted by Crippen LogP contribution is -2.21. The Kier molecular flexibility index (Phi) is 10.00. The smallest absolute Gasteiger partial charge is 0.205 e. The molecule has 0 aromatic heterocycles. The SMILES string of the molecule is COC(CC/C(N)=C(\SC(C)C)[S+]([O-])C(C)C)OC. The first-order valence-electron chi connectivity index (χ1n) is 6.44. The van der Waals surface area contributed by atoms with Gasteiger partial charge in [0.15, 0.2) is 6.29 Å². The van der Waals surface area contributed by atoms with Gasteiger partial charge in [-0.15, -0.1) is 0 Å². The first kappa shape index (κ1) is 19.1. The Bertz CT molecular complexity index is 279. The highest BCUT2D eigenvalue weighted by molar-refractivity contribution is 8.19. The van der Waals surface area contributed by atoms with Crippen molar-refractivity contribution in [3.8, 4) is 0 Å². The molecule has 0 fully saturated rings. The Hall–Kier alpha value is 0.120. The quantitative estimate of drug-likeness (QED) is 0.524. The molecule has 0 aliphatic rings. The van der Waals surface area contributed by atoms with E-state index in [9.17, 15) is 4.55 Å². The number of hydrogen-bond donors (Lipinski definition) is 1. The highest BCUT2D eigenvalue weighted by atomic mass is 32.3. The predicted octanol–water partition coefficient (Wildman–Crippen LogP) is 2.81. The van der Waals surface area contributed by atoms with Gasteiger partial charge in [0, 0.05) is 25.9 Å². The van der Waals surface area contributed by atoms with Crippen LogP contribution in [0.15, 0.2) is 9.93 Å². The van der Waals surface area contributed by atoms with E-state index in [0.29, 0.717) is 23.8 Å². The maximum absolute atomic E-state index is 12.3. The fourth-order valence-electron chi connectivity index (χ4n) is 1.39. The molecule has 0 heterocycles. The van der Waals surface area contributed by atoms with Crippen molar-refractivity contribution in [2.45, 2.75) is 57.3 Å². The van der Waals surface area contributed by atoms with Crippen LogP contribution in [0.1, 0.15) is 40.5 Å². The van der Waals surface area contributed by atoms with Crippen LogP contribution in [0.2, 0.25) is 0 Å². The zero-order valence-corrected chi connectivity index (χ0v) is 14.4. The number of allylic oxidation sites excluding steroid dienone is 1. The summed E-state index contributed by atoms with van der Waals surface area (Å²) in [6, 6.07) is 0. The molecule has 4 nitrogen and oxygen atoms in total. The third-order valence-corrected chi connectivity index (χ3v) is 5.60. The van der Waals surface area contributed by atoms with Gasteiger partial charge in [-0.1, -0.05) is 25.6 Å². The number of rotatable bonds is 9. The van der Waals surface area contributed by atoms with Crippen LogP contribution in [-0.2, 0) is 20.6 Å². The summed E-state index contributed by atoms with van der Waals surface area (Å²) in [6.45, 7) is 8.03. The molecule has 0 amide bonds. The zero-order chi connectivity index (χ0) is 15.0. The van der Waals surface area contributed by atoms with Gasteiger partial charge in [-0.2, -0.15) is 0 Å². The average Bonchev–Trinajstić information content (AvgIpc) is 2.35. The van der Waals surface area contributed by atoms with Crippen molar-refractivity contribution in [2.75, 3.05) is 14.2 Å². The summed E-state index contributed by atoms with van der Waals surface area (Å²) in [5, 5.41) is 0.428. The van der Waals surface area contributed by atoms with E-state index < -0.39 is 11.2 Å². The van der Waals surface area contributed by atoms with Crippen molar-refractivity contribution in [3.05, 3.63) is 9.93 Å². The van der Waals surface area contributed by atoms with Crippen LogP contribution in [0.4, 0.5) is 0 Å². The molecule has 0 rings (SSSR count). The summed E-state index contributed by atoms with van der Waals surface area (Å²) in [7, 11) is 3.20. The average molecular weight is 309 g/mol. The maximum Gasteiger partial charge on any atom is 0.205 e. The summed E-state index contributed by atoms with van der Waals surface area (Å²) in [5.41, 5.74) is 6.80. The molecule has 1 unspecified atom stereocenters. The molecule has 6 heteroatoms. The Morgan fingerprint density at radius 1 is 1.21 bits per heavy atom. The second-order valence-electron chi connectivity index (χ2n) is 4.77. The number of thioether (sulfide) groups is 1. The van der Waals surface area contributed by atoms with E-state index in [2.05, 4.69) is 13.8 Å². The van der Waals surface area contributed by atoms with E-state index >= 15 is 0 Å². The van der Waals surface area contributed by atoms with E-state index in [1.54, 1.807) is 26.0 Å². The Balaban J connectivity index is 4.82. The van der Waals surface area contributed by atoms with E-state index in [1.807, 2.05) is 13.8 Å². The molecule has 0 saturated carbocycles. The van der Waals surface area contributed by atoms with Crippen molar-refractivity contribution >= 4 is 22.9 Å². The van der Waals surface area contributed by atoms with Gasteiger partial charge in [-0.3, -0.25) is 0 Å². The lowest BCUT2D eigenvalue weighted by molar-refractivity contribution is -0.105. The second kappa shape index (κ2) is 9.94. The molecule has 0 aliphatic heterocycles. The largest absolute Gasteiger partial charge is 0.611 e. The molecule has 19 heavy (non-hydrogen) atoms. The van der Waals surface area contributed by atoms with Crippen LogP contribution < -0.4 is 5.73 Å². The van der Waals surface area contributed by atoms with E-state index in [-0.39, 0.29) is 11.5 Å². The minimum atomic E-state index is -1.04. The van der Waals surface area contributed by atoms with Gasteiger partial charge in [-0.25, -0.2) is 0 Å². The molecule has 0 aromatic carbocycles. The number of hydrogen-bond acceptors (Lipinski definition) is 5. The molecule has 114 valence electrons. The number of methoxy groups -OCH3 is 2. The highest BCUT2D eigenvalue weighted by Gasteiger charge is 2.24. The van der Waals surface area contributed by atoms with Crippen molar-refractivity contribution in [3.63, 3.8) is 0 Å². The second-order valence-corrected chi connectivity index (χ2v) is 8.56. The molecule has 2 N–H and O–H groups in total. The van der Waals surface area contributed by atoms with Crippen molar-refractivity contribution in [2.24, 2.45) is 5.73 Å². The van der Waals surface area contributed by atoms with E-state index in [0.717, 1.165) is 4.24 Å². The topological polar surface area (TPSA) is 67.5 Å². The molecular weight excluding hydrogens is 282 g/mol. The van der Waals surface area contributed by atoms with Crippen LogP contribution in [0, 0.1) is 0 Å². The highest BCUT2D eigenvalue weighted by Crippen LogP contribution is 2.32. The molecule has 0 aromatic rings. The third-order valence-electron chi connectivity index (χ3n) is 2.39. The number of nitrogens with two attached hydrogens (primary N) is 1. The van der Waals surface area contributed by atoms with Crippen molar-refractivity contribution < 1.29 is 14.0 Å². The lowest BCUT2D eigenvalue weighted by Gasteiger charge is -2.20. The van der Waals surface area contributed by atoms with Gasteiger partial charge >= 0.3 is 0 Å². The Morgan fingerprint density at radius 2 is 1.74 bits per heavy atom. The zero-order valence-electron chi connectivity index (χ0n) is 12.8. The third kappa shape index (κ3) is 7.46. The van der Waals surface area contributed by atoms with Gasteiger partial charge in [0.2, 0.25) is 4.24 Å². The first-order chi connectivity index (χ1) is 8.83. The van der Waals surface area contributed by atoms with Gasteiger partial charge < -0.3 is 19.8 Å². The van der Waals surface area contributed by atoms with Crippen LogP contribution in [0.25, 0.3) is 0 Å². The minimum absolute atomic E-state index is 0.0699. The fourth-order valence-corrected chi connectivity index (χ4v) is 4.39. The number of ether oxygens (including phenoxy) is 2. The van der Waals surface area contributed by atoms with Crippen LogP contribution in [-0.4, -0.2) is 35.6 Å². The van der Waals surface area contributed by atoms with Gasteiger partial charge in [-0.05, 0) is 31.4 Å². The first-order valence-corrected chi connectivity index (χ1v) is 8.54. The van der Waals surface area contributed by atoms with Crippen molar-refractivity contribution in [1.82, 2.24) is 0 Å². The molecule has 1 atom stereocenters. The van der Waals surface area contributed by atoms with Crippen molar-refractivity contribution in [1.29, 1.82) is 0 Å².